The third kappa shape index (κ3) is 1.57. The number of hydrogen-bond acceptors (Lipinski definition) is 4. The molecule has 2 heterocycles. The predicted molar refractivity (Wildman–Crippen MR) is 56.0 cm³/mol. The Bertz CT molecular complexity index is 287. The van der Waals surface area contributed by atoms with Crippen molar-refractivity contribution in [2.45, 2.75) is 19.4 Å². The molecule has 0 amide bonds. The second-order valence-electron chi connectivity index (χ2n) is 3.83. The van der Waals surface area contributed by atoms with Gasteiger partial charge in [-0.25, -0.2) is 9.97 Å². The Morgan fingerprint density at radius 1 is 1.64 bits per heavy atom. The van der Waals surface area contributed by atoms with Crippen molar-refractivity contribution < 1.29 is 0 Å². The first-order chi connectivity index (χ1) is 6.83. The van der Waals surface area contributed by atoms with Crippen LogP contribution in [-0.2, 0) is 0 Å². The zero-order valence-electron chi connectivity index (χ0n) is 8.43. The first-order valence-electron chi connectivity index (χ1n) is 5.05. The fourth-order valence-corrected chi connectivity index (χ4v) is 2.11. The Hall–Kier alpha value is -1.16. The van der Waals surface area contributed by atoms with Crippen LogP contribution in [-0.4, -0.2) is 29.1 Å². The highest BCUT2D eigenvalue weighted by Crippen LogP contribution is 2.26. The molecule has 0 radical (unpaired) electrons. The lowest BCUT2D eigenvalue weighted by molar-refractivity contribution is 0.517. The summed E-state index contributed by atoms with van der Waals surface area (Å²) in [6, 6.07) is 2.38. The molecule has 76 valence electrons. The van der Waals surface area contributed by atoms with Crippen LogP contribution in [0.2, 0.25) is 0 Å². The fraction of sp³-hybridized carbons (Fsp3) is 0.600. The van der Waals surface area contributed by atoms with Crippen molar-refractivity contribution in [2.24, 2.45) is 11.7 Å². The van der Waals surface area contributed by atoms with Gasteiger partial charge in [0.15, 0.2) is 0 Å². The molecule has 4 heteroatoms. The third-order valence-corrected chi connectivity index (χ3v) is 2.98. The monoisotopic (exact) mass is 192 g/mol. The van der Waals surface area contributed by atoms with Crippen molar-refractivity contribution in [2.75, 3.05) is 18.0 Å². The average molecular weight is 192 g/mol. The normalized spacial score (nSPS) is 26.9. The summed E-state index contributed by atoms with van der Waals surface area (Å²) < 4.78 is 0. The van der Waals surface area contributed by atoms with Crippen molar-refractivity contribution in [3.05, 3.63) is 18.6 Å². The van der Waals surface area contributed by atoms with E-state index in [-0.39, 0.29) is 0 Å². The number of nitrogens with zero attached hydrogens (tertiary/aromatic N) is 3. The summed E-state index contributed by atoms with van der Waals surface area (Å²) in [5, 5.41) is 0. The van der Waals surface area contributed by atoms with Gasteiger partial charge in [-0.1, -0.05) is 6.92 Å². The number of hydrogen-bond donors (Lipinski definition) is 1. The van der Waals surface area contributed by atoms with E-state index in [1.54, 1.807) is 12.5 Å². The van der Waals surface area contributed by atoms with E-state index >= 15 is 0 Å². The van der Waals surface area contributed by atoms with Gasteiger partial charge in [0, 0.05) is 25.3 Å². The Labute approximate surface area is 84.2 Å². The maximum Gasteiger partial charge on any atom is 0.132 e. The van der Waals surface area contributed by atoms with Gasteiger partial charge in [-0.05, 0) is 18.4 Å². The van der Waals surface area contributed by atoms with Crippen LogP contribution >= 0.6 is 0 Å². The number of aromatic nitrogens is 2. The first kappa shape index (κ1) is 9.40. The molecule has 0 aromatic carbocycles. The lowest BCUT2D eigenvalue weighted by atomic mass is 10.0. The lowest BCUT2D eigenvalue weighted by Gasteiger charge is -2.26. The van der Waals surface area contributed by atoms with Gasteiger partial charge in [-0.15, -0.1) is 0 Å². The summed E-state index contributed by atoms with van der Waals surface area (Å²) in [6.45, 7) is 4.00. The molecule has 1 aliphatic rings. The first-order valence-corrected chi connectivity index (χ1v) is 5.05. The second-order valence-corrected chi connectivity index (χ2v) is 3.83. The highest BCUT2D eigenvalue weighted by Gasteiger charge is 2.30. The van der Waals surface area contributed by atoms with Gasteiger partial charge in [0.1, 0.15) is 12.1 Å². The van der Waals surface area contributed by atoms with E-state index in [4.69, 9.17) is 5.73 Å². The van der Waals surface area contributed by atoms with E-state index in [1.165, 1.54) is 6.42 Å². The van der Waals surface area contributed by atoms with E-state index in [2.05, 4.69) is 21.8 Å². The summed E-state index contributed by atoms with van der Waals surface area (Å²) in [5.41, 5.74) is 5.77. The zero-order chi connectivity index (χ0) is 9.97. The molecule has 4 nitrogen and oxygen atoms in total. The van der Waals surface area contributed by atoms with Crippen LogP contribution in [0.25, 0.3) is 0 Å². The second kappa shape index (κ2) is 3.92. The molecule has 2 atom stereocenters. The van der Waals surface area contributed by atoms with Crippen LogP contribution in [0.5, 0.6) is 0 Å². The fourth-order valence-electron chi connectivity index (χ4n) is 2.11. The Kier molecular flexibility index (Phi) is 2.63. The molecule has 1 aromatic rings. The average Bonchev–Trinajstić information content (AvgIpc) is 2.61. The SMILES string of the molecule is CC1CCN(c2ccncn2)C1CN. The molecule has 0 bridgehead atoms. The van der Waals surface area contributed by atoms with E-state index in [1.807, 2.05) is 6.07 Å². The number of rotatable bonds is 2. The maximum absolute atomic E-state index is 5.77. The Balaban J connectivity index is 2.19. The molecular formula is C10H16N4. The number of nitrogens with two attached hydrogens (primary N) is 1. The topological polar surface area (TPSA) is 55.0 Å². The van der Waals surface area contributed by atoms with E-state index in [0.29, 0.717) is 18.5 Å². The van der Waals surface area contributed by atoms with Gasteiger partial charge in [0.2, 0.25) is 0 Å². The van der Waals surface area contributed by atoms with Crippen LogP contribution in [0.4, 0.5) is 5.82 Å². The van der Waals surface area contributed by atoms with Crippen molar-refractivity contribution in [3.63, 3.8) is 0 Å². The minimum Gasteiger partial charge on any atom is -0.352 e. The molecule has 1 aromatic heterocycles. The molecule has 0 aliphatic carbocycles. The Morgan fingerprint density at radius 3 is 3.14 bits per heavy atom. The molecule has 1 aliphatic heterocycles. The molecule has 2 N–H and O–H groups in total. The highest BCUT2D eigenvalue weighted by molar-refractivity contribution is 5.40. The van der Waals surface area contributed by atoms with Crippen molar-refractivity contribution >= 4 is 5.82 Å². The quantitative estimate of drug-likeness (QED) is 0.747. The third-order valence-electron chi connectivity index (χ3n) is 2.98. The van der Waals surface area contributed by atoms with Gasteiger partial charge >= 0.3 is 0 Å². The molecule has 1 fully saturated rings. The largest absolute Gasteiger partial charge is 0.352 e. The van der Waals surface area contributed by atoms with Crippen LogP contribution in [0.3, 0.4) is 0 Å². The van der Waals surface area contributed by atoms with Gasteiger partial charge in [-0.2, -0.15) is 0 Å². The molecule has 1 saturated heterocycles. The van der Waals surface area contributed by atoms with Gasteiger partial charge in [0.05, 0.1) is 0 Å². The van der Waals surface area contributed by atoms with Crippen molar-refractivity contribution in [1.29, 1.82) is 0 Å². The zero-order valence-corrected chi connectivity index (χ0v) is 8.43. The molecule has 14 heavy (non-hydrogen) atoms. The summed E-state index contributed by atoms with van der Waals surface area (Å²) in [5.74, 6) is 1.66. The predicted octanol–water partition coefficient (Wildman–Crippen LogP) is 0.650. The molecule has 2 unspecified atom stereocenters. The van der Waals surface area contributed by atoms with Crippen LogP contribution in [0.1, 0.15) is 13.3 Å². The van der Waals surface area contributed by atoms with Crippen LogP contribution in [0, 0.1) is 5.92 Å². The Morgan fingerprint density at radius 2 is 2.50 bits per heavy atom. The van der Waals surface area contributed by atoms with Gasteiger partial charge < -0.3 is 10.6 Å². The molecule has 2 rings (SSSR count). The highest BCUT2D eigenvalue weighted by atomic mass is 15.2. The molecule has 0 spiro atoms. The summed E-state index contributed by atoms with van der Waals surface area (Å²) in [7, 11) is 0. The van der Waals surface area contributed by atoms with E-state index < -0.39 is 0 Å². The maximum atomic E-state index is 5.77. The molecular weight excluding hydrogens is 176 g/mol. The lowest BCUT2D eigenvalue weighted by Crippen LogP contribution is -2.38. The summed E-state index contributed by atoms with van der Waals surface area (Å²) in [6.07, 6.45) is 4.57. The van der Waals surface area contributed by atoms with Gasteiger partial charge in [0.25, 0.3) is 0 Å². The summed E-state index contributed by atoms with van der Waals surface area (Å²) >= 11 is 0. The van der Waals surface area contributed by atoms with Crippen LogP contribution < -0.4 is 10.6 Å². The smallest absolute Gasteiger partial charge is 0.132 e. The molecule has 0 saturated carbocycles. The van der Waals surface area contributed by atoms with Gasteiger partial charge in [-0.3, -0.25) is 0 Å². The van der Waals surface area contributed by atoms with E-state index in [0.717, 1.165) is 12.4 Å². The number of anilines is 1. The minimum atomic E-state index is 0.435. The van der Waals surface area contributed by atoms with Crippen molar-refractivity contribution in [1.82, 2.24) is 9.97 Å². The van der Waals surface area contributed by atoms with Crippen LogP contribution in [0.15, 0.2) is 18.6 Å². The standard InChI is InChI=1S/C10H16N4/c1-8-3-5-14(9(8)6-11)10-2-4-12-7-13-10/h2,4,7-9H,3,5-6,11H2,1H3. The summed E-state index contributed by atoms with van der Waals surface area (Å²) in [4.78, 5) is 10.5. The van der Waals surface area contributed by atoms with E-state index in [9.17, 15) is 0 Å². The van der Waals surface area contributed by atoms with Crippen molar-refractivity contribution in [3.8, 4) is 0 Å². The minimum absolute atomic E-state index is 0.435.